The van der Waals surface area contributed by atoms with E-state index in [1.54, 1.807) is 36.9 Å². The number of aromatic nitrogens is 2. The van der Waals surface area contributed by atoms with Crippen LogP contribution in [0, 0.1) is 0 Å². The van der Waals surface area contributed by atoms with Gasteiger partial charge in [-0.1, -0.05) is 23.7 Å². The Morgan fingerprint density at radius 2 is 1.85 bits per heavy atom. The molecule has 0 saturated heterocycles. The number of hydrogen-bond acceptors (Lipinski definition) is 4. The van der Waals surface area contributed by atoms with Gasteiger partial charge in [0.25, 0.3) is 5.91 Å². The highest BCUT2D eigenvalue weighted by atomic mass is 35.5. The zero-order valence-electron chi connectivity index (χ0n) is 14.2. The molecule has 0 fully saturated rings. The van der Waals surface area contributed by atoms with Gasteiger partial charge in [0, 0.05) is 42.9 Å². The van der Waals surface area contributed by atoms with Crippen LogP contribution in [0.5, 0.6) is 0 Å². The van der Waals surface area contributed by atoms with Crippen molar-refractivity contribution in [1.82, 2.24) is 20.4 Å². The van der Waals surface area contributed by atoms with Gasteiger partial charge in [-0.2, -0.15) is 0 Å². The van der Waals surface area contributed by atoms with Crippen LogP contribution in [0.25, 0.3) is 0 Å². The van der Waals surface area contributed by atoms with Crippen LogP contribution in [0.2, 0.25) is 5.02 Å². The molecule has 0 aliphatic heterocycles. The molecule has 0 saturated carbocycles. The quantitative estimate of drug-likeness (QED) is 0.650. The molecule has 2 aromatic heterocycles. The highest BCUT2D eigenvalue weighted by Gasteiger charge is 2.12. The lowest BCUT2D eigenvalue weighted by molar-refractivity contribution is 0.0776. The molecule has 3 rings (SSSR count). The minimum absolute atomic E-state index is 0.182. The maximum atomic E-state index is 12.5. The van der Waals surface area contributed by atoms with Gasteiger partial charge in [-0.25, -0.2) is 5.01 Å². The number of benzene rings is 1. The smallest absolute Gasteiger partial charge is 0.267 e. The molecule has 1 N–H and O–H groups in total. The molecular formula is C20H19ClN4O. The molecule has 1 amide bonds. The summed E-state index contributed by atoms with van der Waals surface area (Å²) in [5.41, 5.74) is 5.68. The minimum atomic E-state index is -0.182. The van der Waals surface area contributed by atoms with Crippen molar-refractivity contribution < 1.29 is 4.79 Å². The standard InChI is InChI=1S/C20H19ClN4O/c21-19-5-1-3-16(13-19)8-12-25(15-17-6-10-22-11-7-17)24-20(26)18-4-2-9-23-14-18/h1-7,9-11,13-14H,8,12,15H2,(H,24,26). The van der Waals surface area contributed by atoms with E-state index >= 15 is 0 Å². The molecule has 0 spiro atoms. The van der Waals surface area contributed by atoms with Gasteiger partial charge in [-0.05, 0) is 53.9 Å². The van der Waals surface area contributed by atoms with Crippen LogP contribution in [0.4, 0.5) is 0 Å². The van der Waals surface area contributed by atoms with E-state index in [0.29, 0.717) is 23.7 Å². The number of hydrazine groups is 1. The molecule has 0 aliphatic rings. The normalized spacial score (nSPS) is 10.7. The number of halogens is 1. The Balaban J connectivity index is 1.69. The lowest BCUT2D eigenvalue weighted by Crippen LogP contribution is -2.42. The van der Waals surface area contributed by atoms with Crippen LogP contribution in [-0.4, -0.2) is 27.4 Å². The summed E-state index contributed by atoms with van der Waals surface area (Å²) in [5.74, 6) is -0.182. The van der Waals surface area contributed by atoms with E-state index in [1.165, 1.54) is 0 Å². The van der Waals surface area contributed by atoms with E-state index < -0.39 is 0 Å². The Bertz CT molecular complexity index is 843. The molecule has 5 nitrogen and oxygen atoms in total. The van der Waals surface area contributed by atoms with Gasteiger partial charge >= 0.3 is 0 Å². The summed E-state index contributed by atoms with van der Waals surface area (Å²) in [7, 11) is 0. The molecule has 6 heteroatoms. The van der Waals surface area contributed by atoms with Crippen LogP contribution in [-0.2, 0) is 13.0 Å². The van der Waals surface area contributed by atoms with Gasteiger partial charge in [0.15, 0.2) is 0 Å². The second-order valence-corrected chi connectivity index (χ2v) is 6.28. The molecule has 2 heterocycles. The second kappa shape index (κ2) is 9.08. The lowest BCUT2D eigenvalue weighted by atomic mass is 10.1. The summed E-state index contributed by atoms with van der Waals surface area (Å²) >= 11 is 6.06. The number of nitrogens with zero attached hydrogens (tertiary/aromatic N) is 3. The molecule has 0 unspecified atom stereocenters. The average Bonchev–Trinajstić information content (AvgIpc) is 2.68. The third kappa shape index (κ3) is 5.37. The molecule has 3 aromatic rings. The lowest BCUT2D eigenvalue weighted by Gasteiger charge is -2.23. The molecule has 0 aliphatic carbocycles. The van der Waals surface area contributed by atoms with Crippen LogP contribution < -0.4 is 5.43 Å². The first-order valence-electron chi connectivity index (χ1n) is 8.30. The molecule has 26 heavy (non-hydrogen) atoms. The summed E-state index contributed by atoms with van der Waals surface area (Å²) in [6.45, 7) is 1.23. The Morgan fingerprint density at radius 1 is 1.00 bits per heavy atom. The van der Waals surface area contributed by atoms with E-state index in [9.17, 15) is 4.79 Å². The summed E-state index contributed by atoms with van der Waals surface area (Å²) < 4.78 is 0. The maximum absolute atomic E-state index is 12.5. The zero-order chi connectivity index (χ0) is 18.2. The van der Waals surface area contributed by atoms with Gasteiger partial charge in [0.1, 0.15) is 0 Å². The number of rotatable bonds is 7. The van der Waals surface area contributed by atoms with Crippen molar-refractivity contribution in [3.05, 3.63) is 95.0 Å². The van der Waals surface area contributed by atoms with Crippen LogP contribution >= 0.6 is 11.6 Å². The first-order valence-corrected chi connectivity index (χ1v) is 8.68. The molecule has 0 atom stereocenters. The maximum Gasteiger partial charge on any atom is 0.267 e. The largest absolute Gasteiger partial charge is 0.284 e. The van der Waals surface area contributed by atoms with Gasteiger partial charge in [-0.15, -0.1) is 0 Å². The summed E-state index contributed by atoms with van der Waals surface area (Å²) in [4.78, 5) is 20.5. The van der Waals surface area contributed by atoms with Crippen LogP contribution in [0.1, 0.15) is 21.5 Å². The fourth-order valence-electron chi connectivity index (χ4n) is 2.54. The highest BCUT2D eigenvalue weighted by Crippen LogP contribution is 2.12. The molecule has 0 radical (unpaired) electrons. The van der Waals surface area contributed by atoms with E-state index in [-0.39, 0.29) is 5.91 Å². The Labute approximate surface area is 157 Å². The number of nitrogens with one attached hydrogen (secondary N) is 1. The Kier molecular flexibility index (Phi) is 6.30. The Morgan fingerprint density at radius 3 is 2.58 bits per heavy atom. The predicted molar refractivity (Wildman–Crippen MR) is 102 cm³/mol. The molecule has 1 aromatic carbocycles. The fraction of sp³-hybridized carbons (Fsp3) is 0.150. The third-order valence-electron chi connectivity index (χ3n) is 3.87. The predicted octanol–water partition coefficient (Wildman–Crippen LogP) is 3.52. The van der Waals surface area contributed by atoms with Crippen molar-refractivity contribution in [2.75, 3.05) is 6.54 Å². The van der Waals surface area contributed by atoms with Crippen molar-refractivity contribution in [2.45, 2.75) is 13.0 Å². The molecule has 0 bridgehead atoms. The van der Waals surface area contributed by atoms with Gasteiger partial charge in [0.2, 0.25) is 0 Å². The second-order valence-electron chi connectivity index (χ2n) is 5.84. The number of amides is 1. The first kappa shape index (κ1) is 18.0. The SMILES string of the molecule is O=C(NN(CCc1cccc(Cl)c1)Cc1ccncc1)c1cccnc1. The van der Waals surface area contributed by atoms with Gasteiger partial charge in [-0.3, -0.25) is 20.2 Å². The first-order chi connectivity index (χ1) is 12.7. The van der Waals surface area contributed by atoms with Gasteiger partial charge in [0.05, 0.1) is 5.56 Å². The van der Waals surface area contributed by atoms with E-state index in [4.69, 9.17) is 11.6 Å². The average molecular weight is 367 g/mol. The number of pyridine rings is 2. The van der Waals surface area contributed by atoms with Crippen molar-refractivity contribution in [1.29, 1.82) is 0 Å². The van der Waals surface area contributed by atoms with E-state index in [0.717, 1.165) is 17.5 Å². The fourth-order valence-corrected chi connectivity index (χ4v) is 2.76. The molecule has 132 valence electrons. The van der Waals surface area contributed by atoms with E-state index in [2.05, 4.69) is 15.4 Å². The number of carbonyl (C=O) groups is 1. The van der Waals surface area contributed by atoms with E-state index in [1.807, 2.05) is 41.4 Å². The zero-order valence-corrected chi connectivity index (χ0v) is 14.9. The summed E-state index contributed by atoms with van der Waals surface area (Å²) in [5, 5.41) is 2.61. The molecular weight excluding hydrogens is 348 g/mol. The van der Waals surface area contributed by atoms with Crippen molar-refractivity contribution in [2.24, 2.45) is 0 Å². The summed E-state index contributed by atoms with van der Waals surface area (Å²) in [6, 6.07) is 15.1. The highest BCUT2D eigenvalue weighted by molar-refractivity contribution is 6.30. The third-order valence-corrected chi connectivity index (χ3v) is 4.10. The minimum Gasteiger partial charge on any atom is -0.284 e. The van der Waals surface area contributed by atoms with Gasteiger partial charge < -0.3 is 0 Å². The van der Waals surface area contributed by atoms with Crippen LogP contribution in [0.15, 0.2) is 73.3 Å². The summed E-state index contributed by atoms with van der Waals surface area (Å²) in [6.07, 6.45) is 7.45. The number of carbonyl (C=O) groups excluding carboxylic acids is 1. The number of hydrogen-bond donors (Lipinski definition) is 1. The topological polar surface area (TPSA) is 58.1 Å². The van der Waals surface area contributed by atoms with Crippen molar-refractivity contribution in [3.63, 3.8) is 0 Å². The Hall–Kier alpha value is -2.76. The van der Waals surface area contributed by atoms with Crippen molar-refractivity contribution >= 4 is 17.5 Å². The van der Waals surface area contributed by atoms with Crippen molar-refractivity contribution in [3.8, 4) is 0 Å². The van der Waals surface area contributed by atoms with Crippen LogP contribution in [0.3, 0.4) is 0 Å². The monoisotopic (exact) mass is 366 g/mol.